The average molecular weight is 546 g/mol. The summed E-state index contributed by atoms with van der Waals surface area (Å²) >= 11 is 0. The van der Waals surface area contributed by atoms with Crippen LogP contribution in [0.2, 0.25) is 0 Å². The van der Waals surface area contributed by atoms with E-state index in [0.29, 0.717) is 23.3 Å². The number of pyridine rings is 1. The number of fused-ring (bicyclic) bond motifs is 1. The first-order chi connectivity index (χ1) is 19.4. The first kappa shape index (κ1) is 26.8. The van der Waals surface area contributed by atoms with E-state index < -0.39 is 17.7 Å². The maximum atomic E-state index is 15.0. The molecule has 2 aromatic carbocycles. The van der Waals surface area contributed by atoms with Crippen molar-refractivity contribution >= 4 is 5.97 Å². The van der Waals surface area contributed by atoms with Crippen LogP contribution in [0.1, 0.15) is 79.4 Å². The number of aromatic nitrogens is 1. The highest BCUT2D eigenvalue weighted by Gasteiger charge is 2.39. The number of ether oxygens (including phenoxy) is 3. The number of carboxylic acids is 1. The molecule has 0 radical (unpaired) electrons. The van der Waals surface area contributed by atoms with Crippen LogP contribution in [-0.2, 0) is 16.0 Å². The minimum atomic E-state index is -0.757. The molecule has 3 unspecified atom stereocenters. The fourth-order valence-corrected chi connectivity index (χ4v) is 6.38. The van der Waals surface area contributed by atoms with Gasteiger partial charge in [0.05, 0.1) is 25.3 Å². The Labute approximate surface area is 234 Å². The van der Waals surface area contributed by atoms with Gasteiger partial charge in [0.15, 0.2) is 0 Å². The molecule has 210 valence electrons. The number of halogens is 1. The monoisotopic (exact) mass is 545 g/mol. The Morgan fingerprint density at radius 3 is 2.48 bits per heavy atom. The Morgan fingerprint density at radius 2 is 1.80 bits per heavy atom. The van der Waals surface area contributed by atoms with Crippen LogP contribution in [-0.4, -0.2) is 30.3 Å². The third-order valence-corrected chi connectivity index (χ3v) is 8.87. The van der Waals surface area contributed by atoms with Gasteiger partial charge in [0.1, 0.15) is 17.7 Å². The zero-order valence-corrected chi connectivity index (χ0v) is 23.2. The van der Waals surface area contributed by atoms with Crippen LogP contribution in [0, 0.1) is 23.6 Å². The molecular weight excluding hydrogens is 509 g/mol. The summed E-state index contributed by atoms with van der Waals surface area (Å²) in [6, 6.07) is 14.0. The summed E-state index contributed by atoms with van der Waals surface area (Å²) in [6.45, 7) is 1.81. The predicted octanol–water partition coefficient (Wildman–Crippen LogP) is 7.27. The molecule has 1 N–H and O–H groups in total. The van der Waals surface area contributed by atoms with Crippen LogP contribution in [0.5, 0.6) is 11.6 Å². The van der Waals surface area contributed by atoms with Crippen molar-refractivity contribution in [3.05, 3.63) is 76.7 Å². The highest BCUT2D eigenvalue weighted by Crippen LogP contribution is 2.49. The third kappa shape index (κ3) is 5.19. The summed E-state index contributed by atoms with van der Waals surface area (Å²) in [5.74, 6) is 0.390. The van der Waals surface area contributed by atoms with Gasteiger partial charge in [-0.1, -0.05) is 31.2 Å². The number of carbonyl (C=O) groups is 1. The van der Waals surface area contributed by atoms with Gasteiger partial charge in [0, 0.05) is 18.7 Å². The molecule has 2 saturated carbocycles. The molecule has 2 aliphatic carbocycles. The van der Waals surface area contributed by atoms with E-state index in [9.17, 15) is 9.90 Å². The first-order valence-electron chi connectivity index (χ1n) is 14.3. The number of carboxylic acid groups (broad SMARTS) is 1. The molecular formula is C33H36FNO5. The lowest BCUT2D eigenvalue weighted by atomic mass is 9.82. The molecule has 0 bridgehead atoms. The van der Waals surface area contributed by atoms with Crippen molar-refractivity contribution in [3.8, 4) is 22.8 Å². The van der Waals surface area contributed by atoms with Gasteiger partial charge in [-0.05, 0) is 96.2 Å². The molecule has 0 saturated heterocycles. The highest BCUT2D eigenvalue weighted by atomic mass is 19.1. The molecule has 4 atom stereocenters. The summed E-state index contributed by atoms with van der Waals surface area (Å²) in [4.78, 5) is 15.9. The average Bonchev–Trinajstić information content (AvgIpc) is 3.89. The number of hydrogen-bond acceptors (Lipinski definition) is 5. The van der Waals surface area contributed by atoms with Crippen LogP contribution in [0.25, 0.3) is 11.1 Å². The summed E-state index contributed by atoms with van der Waals surface area (Å²) < 4.78 is 32.9. The normalized spacial score (nSPS) is 20.6. The summed E-state index contributed by atoms with van der Waals surface area (Å²) in [6.07, 6.45) is 6.88. The van der Waals surface area contributed by atoms with Crippen molar-refractivity contribution in [1.82, 2.24) is 4.98 Å². The number of benzene rings is 2. The van der Waals surface area contributed by atoms with Gasteiger partial charge in [-0.25, -0.2) is 9.37 Å². The van der Waals surface area contributed by atoms with Gasteiger partial charge in [-0.3, -0.25) is 4.79 Å². The Bertz CT molecular complexity index is 1420. The van der Waals surface area contributed by atoms with Crippen molar-refractivity contribution in [2.75, 3.05) is 14.2 Å². The van der Waals surface area contributed by atoms with Crippen molar-refractivity contribution in [3.63, 3.8) is 0 Å². The van der Waals surface area contributed by atoms with Gasteiger partial charge >= 0.3 is 5.97 Å². The summed E-state index contributed by atoms with van der Waals surface area (Å²) in [5, 5.41) is 9.73. The Morgan fingerprint density at radius 1 is 1.02 bits per heavy atom. The van der Waals surface area contributed by atoms with Gasteiger partial charge in [0.25, 0.3) is 0 Å². The van der Waals surface area contributed by atoms with Crippen molar-refractivity contribution < 1.29 is 28.5 Å². The molecule has 1 aromatic heterocycles. The molecule has 7 heteroatoms. The number of rotatable bonds is 10. The Hall–Kier alpha value is -3.45. The zero-order chi connectivity index (χ0) is 28.0. The SMILES string of the molecule is COc1cc(-c2ccc(C3CCc4ccc(C(C5CC5)[C@H](C)C(=O)O)cc4O3)cc2C(OC)C2CC2)c(F)cn1. The Balaban J connectivity index is 1.34. The minimum Gasteiger partial charge on any atom is -0.485 e. The Kier molecular flexibility index (Phi) is 7.26. The standard InChI is InChI=1S/C33H36FNO5/c1-18(33(36)37)31(20-5-6-20)23-9-4-19-11-13-28(40-29(19)15-23)22-10-12-24(25-16-30(38-2)35-17-27(25)34)26(14-22)32(39-3)21-7-8-21/h4,9-10,12,14-18,20-21,28,31-32H,5-8,11,13H2,1-3H3,(H,36,37)/t18-,28?,31?,32?/m0/s1. The molecule has 0 amide bonds. The quantitative estimate of drug-likeness (QED) is 0.289. The maximum absolute atomic E-state index is 15.0. The van der Waals surface area contributed by atoms with Crippen LogP contribution in [0.4, 0.5) is 4.39 Å². The summed E-state index contributed by atoms with van der Waals surface area (Å²) in [7, 11) is 3.24. The molecule has 0 spiro atoms. The lowest BCUT2D eigenvalue weighted by molar-refractivity contribution is -0.142. The van der Waals surface area contributed by atoms with Crippen molar-refractivity contribution in [2.24, 2.45) is 17.8 Å². The minimum absolute atomic E-state index is 0.00841. The van der Waals surface area contributed by atoms with Crippen LogP contribution >= 0.6 is 0 Å². The van der Waals surface area contributed by atoms with Gasteiger partial charge < -0.3 is 19.3 Å². The fourth-order valence-electron chi connectivity index (χ4n) is 6.38. The largest absolute Gasteiger partial charge is 0.485 e. The maximum Gasteiger partial charge on any atom is 0.306 e. The van der Waals surface area contributed by atoms with E-state index in [1.54, 1.807) is 13.2 Å². The fraction of sp³-hybridized carbons (Fsp3) is 0.455. The smallest absolute Gasteiger partial charge is 0.306 e. The number of methoxy groups -OCH3 is 2. The van der Waals surface area contributed by atoms with E-state index in [0.717, 1.165) is 72.1 Å². The number of aliphatic carboxylic acids is 1. The second-order valence-electron chi connectivity index (χ2n) is 11.5. The van der Waals surface area contributed by atoms with E-state index in [-0.39, 0.29) is 18.1 Å². The predicted molar refractivity (Wildman–Crippen MR) is 149 cm³/mol. The van der Waals surface area contributed by atoms with E-state index >= 15 is 4.39 Å². The number of nitrogens with zero attached hydrogens (tertiary/aromatic N) is 1. The number of hydrogen-bond donors (Lipinski definition) is 1. The molecule has 6 nitrogen and oxygen atoms in total. The van der Waals surface area contributed by atoms with Crippen LogP contribution in [0.3, 0.4) is 0 Å². The molecule has 40 heavy (non-hydrogen) atoms. The topological polar surface area (TPSA) is 77.9 Å². The van der Waals surface area contributed by atoms with Gasteiger partial charge in [0.2, 0.25) is 5.88 Å². The molecule has 2 fully saturated rings. The lowest BCUT2D eigenvalue weighted by Gasteiger charge is -2.30. The third-order valence-electron chi connectivity index (χ3n) is 8.87. The molecule has 3 aromatic rings. The van der Waals surface area contributed by atoms with E-state index in [1.807, 2.05) is 19.1 Å². The first-order valence-corrected chi connectivity index (χ1v) is 14.3. The lowest BCUT2D eigenvalue weighted by Crippen LogP contribution is -2.21. The zero-order valence-electron chi connectivity index (χ0n) is 23.2. The molecule has 1 aliphatic heterocycles. The molecule has 6 rings (SSSR count). The van der Waals surface area contributed by atoms with Gasteiger partial charge in [-0.2, -0.15) is 0 Å². The van der Waals surface area contributed by atoms with E-state index in [2.05, 4.69) is 29.2 Å². The highest BCUT2D eigenvalue weighted by molar-refractivity contribution is 5.71. The van der Waals surface area contributed by atoms with Crippen LogP contribution < -0.4 is 9.47 Å². The second kappa shape index (κ2) is 10.8. The van der Waals surface area contributed by atoms with Gasteiger partial charge in [-0.15, -0.1) is 0 Å². The van der Waals surface area contributed by atoms with E-state index in [4.69, 9.17) is 14.2 Å². The van der Waals surface area contributed by atoms with Crippen LogP contribution in [0.15, 0.2) is 48.7 Å². The molecule has 2 heterocycles. The second-order valence-corrected chi connectivity index (χ2v) is 11.5. The summed E-state index contributed by atoms with van der Waals surface area (Å²) in [5.41, 5.74) is 5.37. The van der Waals surface area contributed by atoms with E-state index in [1.165, 1.54) is 13.3 Å². The number of aryl methyl sites for hydroxylation is 1. The van der Waals surface area contributed by atoms with Crippen molar-refractivity contribution in [2.45, 2.75) is 63.6 Å². The molecule has 3 aliphatic rings. The van der Waals surface area contributed by atoms with Crippen molar-refractivity contribution in [1.29, 1.82) is 0 Å².